The summed E-state index contributed by atoms with van der Waals surface area (Å²) in [5.74, 6) is 0.316. The number of aromatic nitrogens is 2. The van der Waals surface area contributed by atoms with Crippen molar-refractivity contribution >= 4 is 45.3 Å². The summed E-state index contributed by atoms with van der Waals surface area (Å²) in [6.07, 6.45) is 0. The Hall–Kier alpha value is -1.67. The zero-order chi connectivity index (χ0) is 14.9. The van der Waals surface area contributed by atoms with E-state index in [0.717, 1.165) is 20.8 Å². The second-order valence-corrected chi connectivity index (χ2v) is 6.41. The number of hydrogen-bond acceptors (Lipinski definition) is 6. The summed E-state index contributed by atoms with van der Waals surface area (Å²) in [6, 6.07) is -0.845. The van der Waals surface area contributed by atoms with Crippen LogP contribution in [0, 0.1) is 20.8 Å². The molecule has 3 N–H and O–H groups in total. The molecule has 0 atom stereocenters. The molecule has 0 aromatic carbocycles. The summed E-state index contributed by atoms with van der Waals surface area (Å²) in [6.45, 7) is 5.86. The molecule has 20 heavy (non-hydrogen) atoms. The molecule has 0 saturated carbocycles. The molecule has 0 bridgehead atoms. The maximum absolute atomic E-state index is 11.5. The fourth-order valence-corrected chi connectivity index (χ4v) is 3.80. The molecule has 0 aliphatic carbocycles. The lowest BCUT2D eigenvalue weighted by atomic mass is 10.2. The fraction of sp³-hybridized carbons (Fsp3) is 0.333. The quantitative estimate of drug-likeness (QED) is 0.666. The van der Waals surface area contributed by atoms with Gasteiger partial charge in [0, 0.05) is 10.3 Å². The molecule has 2 heterocycles. The summed E-state index contributed by atoms with van der Waals surface area (Å²) in [7, 11) is 0. The lowest BCUT2D eigenvalue weighted by Gasteiger charge is -2.04. The monoisotopic (exact) mass is 310 g/mol. The first kappa shape index (κ1) is 14.7. The number of aryl methyl sites for hydroxylation is 3. The van der Waals surface area contributed by atoms with Crippen LogP contribution in [0.1, 0.15) is 16.3 Å². The van der Waals surface area contributed by atoms with Crippen molar-refractivity contribution in [2.45, 2.75) is 25.8 Å². The van der Waals surface area contributed by atoms with E-state index in [9.17, 15) is 9.59 Å². The molecule has 106 valence electrons. The highest BCUT2D eigenvalue weighted by Gasteiger charge is 2.15. The first-order valence-electron chi connectivity index (χ1n) is 5.85. The van der Waals surface area contributed by atoms with Gasteiger partial charge in [0.15, 0.2) is 0 Å². The first-order valence-corrected chi connectivity index (χ1v) is 7.65. The Morgan fingerprint density at radius 1 is 1.30 bits per heavy atom. The molecule has 3 amide bonds. The van der Waals surface area contributed by atoms with Crippen molar-refractivity contribution in [1.29, 1.82) is 0 Å². The highest BCUT2D eigenvalue weighted by Crippen LogP contribution is 2.34. The van der Waals surface area contributed by atoms with Crippen LogP contribution in [-0.2, 0) is 4.79 Å². The van der Waals surface area contributed by atoms with Crippen molar-refractivity contribution < 1.29 is 9.59 Å². The van der Waals surface area contributed by atoms with Gasteiger partial charge in [-0.3, -0.25) is 10.1 Å². The molecule has 0 spiro atoms. The number of hydrogen-bond donors (Lipinski definition) is 2. The van der Waals surface area contributed by atoms with E-state index in [1.54, 1.807) is 11.3 Å². The molecule has 2 aromatic heterocycles. The predicted octanol–water partition coefficient (Wildman–Crippen LogP) is 1.90. The van der Waals surface area contributed by atoms with Crippen LogP contribution in [0.3, 0.4) is 0 Å². The molecule has 0 aliphatic rings. The van der Waals surface area contributed by atoms with Crippen molar-refractivity contribution in [2.75, 3.05) is 5.75 Å². The summed E-state index contributed by atoms with van der Waals surface area (Å²) >= 11 is 2.89. The largest absolute Gasteiger partial charge is 0.351 e. The average Bonchev–Trinajstić information content (AvgIpc) is 2.61. The van der Waals surface area contributed by atoms with Crippen molar-refractivity contribution in [2.24, 2.45) is 5.73 Å². The van der Waals surface area contributed by atoms with E-state index in [1.807, 2.05) is 26.1 Å². The van der Waals surface area contributed by atoms with Crippen molar-refractivity contribution in [3.8, 4) is 0 Å². The zero-order valence-electron chi connectivity index (χ0n) is 11.3. The summed E-state index contributed by atoms with van der Waals surface area (Å²) in [5, 5.41) is 3.77. The Morgan fingerprint density at radius 3 is 2.65 bits per heavy atom. The summed E-state index contributed by atoms with van der Waals surface area (Å²) in [4.78, 5) is 33.0. The topological polar surface area (TPSA) is 98.0 Å². The van der Waals surface area contributed by atoms with Gasteiger partial charge >= 0.3 is 6.03 Å². The number of thiophene rings is 1. The summed E-state index contributed by atoms with van der Waals surface area (Å²) in [5.41, 5.74) is 6.03. The molecule has 0 unspecified atom stereocenters. The van der Waals surface area contributed by atoms with Crippen LogP contribution in [0.15, 0.2) is 5.03 Å². The number of nitrogens with two attached hydrogens (primary N) is 1. The number of urea groups is 1. The van der Waals surface area contributed by atoms with Gasteiger partial charge in [0.1, 0.15) is 15.7 Å². The van der Waals surface area contributed by atoms with E-state index >= 15 is 0 Å². The third-order valence-corrected chi connectivity index (χ3v) is 4.79. The van der Waals surface area contributed by atoms with E-state index in [1.165, 1.54) is 16.6 Å². The lowest BCUT2D eigenvalue weighted by molar-refractivity contribution is -0.117. The number of thioether (sulfide) groups is 1. The smallest absolute Gasteiger partial charge is 0.318 e. The minimum atomic E-state index is -0.845. The van der Waals surface area contributed by atoms with Gasteiger partial charge in [-0.2, -0.15) is 0 Å². The normalized spacial score (nSPS) is 10.8. The van der Waals surface area contributed by atoms with E-state index in [0.29, 0.717) is 5.82 Å². The van der Waals surface area contributed by atoms with Gasteiger partial charge in [0.25, 0.3) is 0 Å². The van der Waals surface area contributed by atoms with Gasteiger partial charge in [-0.05, 0) is 26.3 Å². The maximum atomic E-state index is 11.5. The van der Waals surface area contributed by atoms with Crippen LogP contribution in [0.25, 0.3) is 10.2 Å². The van der Waals surface area contributed by atoms with Crippen LogP contribution in [-0.4, -0.2) is 27.7 Å². The fourth-order valence-electron chi connectivity index (χ4n) is 1.73. The Balaban J connectivity index is 2.29. The van der Waals surface area contributed by atoms with Crippen molar-refractivity contribution in [3.05, 3.63) is 16.3 Å². The predicted molar refractivity (Wildman–Crippen MR) is 80.1 cm³/mol. The van der Waals surface area contributed by atoms with Crippen LogP contribution >= 0.6 is 23.1 Å². The molecule has 0 saturated heterocycles. The number of nitrogens with one attached hydrogen (secondary N) is 1. The van der Waals surface area contributed by atoms with E-state index in [4.69, 9.17) is 5.73 Å². The third kappa shape index (κ3) is 3.07. The number of imide groups is 1. The molecule has 2 rings (SSSR count). The van der Waals surface area contributed by atoms with E-state index in [2.05, 4.69) is 9.97 Å². The molecular weight excluding hydrogens is 296 g/mol. The van der Waals surface area contributed by atoms with E-state index < -0.39 is 11.9 Å². The second kappa shape index (κ2) is 5.76. The number of carbonyl (C=O) groups excluding carboxylic acids is 2. The number of rotatable bonds is 3. The highest BCUT2D eigenvalue weighted by molar-refractivity contribution is 8.00. The van der Waals surface area contributed by atoms with Gasteiger partial charge in [-0.25, -0.2) is 14.8 Å². The molecule has 0 radical (unpaired) electrons. The molecule has 8 heteroatoms. The minimum absolute atomic E-state index is 0.0861. The molecule has 6 nitrogen and oxygen atoms in total. The Bertz CT molecular complexity index is 696. The van der Waals surface area contributed by atoms with Gasteiger partial charge in [0.05, 0.1) is 5.75 Å². The van der Waals surface area contributed by atoms with Gasteiger partial charge in [-0.15, -0.1) is 11.3 Å². The number of primary amides is 1. The van der Waals surface area contributed by atoms with Crippen LogP contribution in [0.5, 0.6) is 0 Å². The number of nitrogens with zero attached hydrogens (tertiary/aromatic N) is 2. The van der Waals surface area contributed by atoms with Gasteiger partial charge in [-0.1, -0.05) is 11.8 Å². The number of amides is 3. The SMILES string of the molecule is Cc1nc(SCC(=O)NC(N)=O)c2c(C)c(C)sc2n1. The van der Waals surface area contributed by atoms with Crippen molar-refractivity contribution in [3.63, 3.8) is 0 Å². The number of carbonyl (C=O) groups is 2. The Kier molecular flexibility index (Phi) is 4.24. The minimum Gasteiger partial charge on any atom is -0.351 e. The molecule has 0 aliphatic heterocycles. The maximum Gasteiger partial charge on any atom is 0.318 e. The Labute approximate surface area is 124 Å². The van der Waals surface area contributed by atoms with Gasteiger partial charge in [0.2, 0.25) is 5.91 Å². The van der Waals surface area contributed by atoms with E-state index in [-0.39, 0.29) is 5.75 Å². The standard InChI is InChI=1S/C12H14N4O2S2/c1-5-6(2)20-11-9(5)10(14-7(3)15-11)19-4-8(17)16-12(13)18/h4H2,1-3H3,(H3,13,16,17,18). The van der Waals surface area contributed by atoms with Crippen LogP contribution in [0.4, 0.5) is 4.79 Å². The molecule has 0 fully saturated rings. The molecule has 2 aromatic rings. The summed E-state index contributed by atoms with van der Waals surface area (Å²) < 4.78 is 0. The van der Waals surface area contributed by atoms with Crippen LogP contribution in [0.2, 0.25) is 0 Å². The lowest BCUT2D eigenvalue weighted by Crippen LogP contribution is -2.36. The molecular formula is C12H14N4O2S2. The number of fused-ring (bicyclic) bond motifs is 1. The van der Waals surface area contributed by atoms with Gasteiger partial charge < -0.3 is 5.73 Å². The Morgan fingerprint density at radius 2 is 2.00 bits per heavy atom. The third-order valence-electron chi connectivity index (χ3n) is 2.71. The van der Waals surface area contributed by atoms with Crippen molar-refractivity contribution in [1.82, 2.24) is 15.3 Å². The average molecular weight is 310 g/mol. The second-order valence-electron chi connectivity index (χ2n) is 4.24. The zero-order valence-corrected chi connectivity index (χ0v) is 12.9. The van der Waals surface area contributed by atoms with Crippen LogP contribution < -0.4 is 11.1 Å². The highest BCUT2D eigenvalue weighted by atomic mass is 32.2. The first-order chi connectivity index (χ1) is 9.38.